The molecule has 1 heterocycles. The molecule has 0 bridgehead atoms. The molecule has 1 spiro atoms. The first-order valence-electron chi connectivity index (χ1n) is 7.77. The van der Waals surface area contributed by atoms with Crippen molar-refractivity contribution in [2.75, 3.05) is 5.32 Å². The molecule has 1 aromatic carbocycles. The number of benzene rings is 1. The highest BCUT2D eigenvalue weighted by molar-refractivity contribution is 6.15. The van der Waals surface area contributed by atoms with Crippen LogP contribution >= 0.6 is 0 Å². The van der Waals surface area contributed by atoms with E-state index in [-0.39, 0.29) is 11.4 Å². The lowest BCUT2D eigenvalue weighted by atomic mass is 9.93. The molecule has 1 aliphatic carbocycles. The van der Waals surface area contributed by atoms with E-state index in [1.807, 2.05) is 0 Å². The first-order valence-corrected chi connectivity index (χ1v) is 7.77. The largest absolute Gasteiger partial charge is 0.419 e. The van der Waals surface area contributed by atoms with Crippen LogP contribution in [0.15, 0.2) is 30.0 Å². The maximum absolute atomic E-state index is 13.7. The lowest BCUT2D eigenvalue weighted by Gasteiger charge is -2.38. The Balaban J connectivity index is 1.78. The number of nitrogens with one attached hydrogen (secondary N) is 1. The number of nitro benzene ring substituents is 1. The number of carbonyl (C=O) groups is 2. The topological polar surface area (TPSA) is 108 Å². The van der Waals surface area contributed by atoms with Crippen LogP contribution in [0.4, 0.5) is 15.8 Å². The lowest BCUT2D eigenvalue weighted by Crippen LogP contribution is -2.47. The van der Waals surface area contributed by atoms with Crippen molar-refractivity contribution < 1.29 is 28.4 Å². The second-order valence-electron chi connectivity index (χ2n) is 5.87. The number of halogens is 1. The molecule has 2 aliphatic rings. The maximum atomic E-state index is 13.7. The van der Waals surface area contributed by atoms with E-state index in [1.54, 1.807) is 0 Å². The molecule has 0 aromatic heterocycles. The van der Waals surface area contributed by atoms with E-state index in [0.29, 0.717) is 12.8 Å². The highest BCUT2D eigenvalue weighted by atomic mass is 19.1. The molecule has 2 fully saturated rings. The Morgan fingerprint density at radius 3 is 2.40 bits per heavy atom. The van der Waals surface area contributed by atoms with Crippen LogP contribution in [-0.4, -0.2) is 22.6 Å². The molecule has 25 heavy (non-hydrogen) atoms. The molecule has 1 saturated heterocycles. The third-order valence-electron chi connectivity index (χ3n) is 4.15. The van der Waals surface area contributed by atoms with Crippen molar-refractivity contribution in [1.82, 2.24) is 0 Å². The van der Waals surface area contributed by atoms with Crippen molar-refractivity contribution in [3.05, 3.63) is 45.9 Å². The number of anilines is 1. The summed E-state index contributed by atoms with van der Waals surface area (Å²) in [6.45, 7) is 0. The Labute approximate surface area is 141 Å². The first-order chi connectivity index (χ1) is 11.9. The Morgan fingerprint density at radius 1 is 1.16 bits per heavy atom. The zero-order valence-corrected chi connectivity index (χ0v) is 13.1. The lowest BCUT2D eigenvalue weighted by molar-refractivity contribution is -0.384. The second kappa shape index (κ2) is 6.50. The Hall–Kier alpha value is -2.97. The van der Waals surface area contributed by atoms with E-state index in [1.165, 1.54) is 0 Å². The summed E-state index contributed by atoms with van der Waals surface area (Å²) in [5, 5.41) is 13.1. The van der Waals surface area contributed by atoms with Gasteiger partial charge < -0.3 is 14.8 Å². The Kier molecular flexibility index (Phi) is 4.39. The molecule has 0 radical (unpaired) electrons. The molecule has 9 heteroatoms. The zero-order valence-electron chi connectivity index (χ0n) is 13.1. The van der Waals surface area contributed by atoms with Crippen LogP contribution in [0.2, 0.25) is 0 Å². The number of non-ortho nitro benzene ring substituents is 1. The predicted molar refractivity (Wildman–Crippen MR) is 82.8 cm³/mol. The van der Waals surface area contributed by atoms with Crippen molar-refractivity contribution in [3.63, 3.8) is 0 Å². The van der Waals surface area contributed by atoms with Crippen molar-refractivity contribution in [1.29, 1.82) is 0 Å². The van der Waals surface area contributed by atoms with Crippen LogP contribution in [0.5, 0.6) is 0 Å². The molecule has 132 valence electrons. The molecule has 0 atom stereocenters. The van der Waals surface area contributed by atoms with Crippen LogP contribution < -0.4 is 5.32 Å². The van der Waals surface area contributed by atoms with Crippen LogP contribution in [0, 0.1) is 15.9 Å². The monoisotopic (exact) mass is 350 g/mol. The number of esters is 2. The number of ether oxygens (including phenoxy) is 2. The highest BCUT2D eigenvalue weighted by Crippen LogP contribution is 2.37. The Bertz CT molecular complexity index is 748. The van der Waals surface area contributed by atoms with Crippen molar-refractivity contribution >= 4 is 23.3 Å². The van der Waals surface area contributed by atoms with Gasteiger partial charge in [-0.15, -0.1) is 0 Å². The van der Waals surface area contributed by atoms with Gasteiger partial charge in [0.2, 0.25) is 0 Å². The van der Waals surface area contributed by atoms with Crippen molar-refractivity contribution in [2.45, 2.75) is 37.9 Å². The molecule has 3 rings (SSSR count). The third-order valence-corrected chi connectivity index (χ3v) is 4.15. The molecule has 1 saturated carbocycles. The SMILES string of the molecule is O=C1OC2(CCCCC2)OC(=O)C1=CNc1cc([N+](=O)[O-])ccc1F. The fourth-order valence-electron chi connectivity index (χ4n) is 2.85. The smallest absolute Gasteiger partial charge is 0.350 e. The molecule has 0 amide bonds. The van der Waals surface area contributed by atoms with E-state index in [9.17, 15) is 24.1 Å². The fourth-order valence-corrected chi connectivity index (χ4v) is 2.85. The summed E-state index contributed by atoms with van der Waals surface area (Å²) in [4.78, 5) is 34.3. The minimum atomic E-state index is -1.21. The van der Waals surface area contributed by atoms with E-state index >= 15 is 0 Å². The van der Waals surface area contributed by atoms with Gasteiger partial charge in [0.25, 0.3) is 11.5 Å². The molecule has 1 N–H and O–H groups in total. The molecule has 1 aliphatic heterocycles. The van der Waals surface area contributed by atoms with Crippen LogP contribution in [0.1, 0.15) is 32.1 Å². The number of hydrogen-bond donors (Lipinski definition) is 1. The maximum Gasteiger partial charge on any atom is 0.350 e. The summed E-state index contributed by atoms with van der Waals surface area (Å²) in [6, 6.07) is 2.87. The zero-order chi connectivity index (χ0) is 18.0. The Morgan fingerprint density at radius 2 is 1.80 bits per heavy atom. The summed E-state index contributed by atoms with van der Waals surface area (Å²) < 4.78 is 24.3. The predicted octanol–water partition coefficient (Wildman–Crippen LogP) is 2.79. The van der Waals surface area contributed by atoms with E-state index in [0.717, 1.165) is 43.7 Å². The van der Waals surface area contributed by atoms with Crippen LogP contribution in [0.3, 0.4) is 0 Å². The highest BCUT2D eigenvalue weighted by Gasteiger charge is 2.46. The summed E-state index contributed by atoms with van der Waals surface area (Å²) in [5.74, 6) is -3.71. The minimum absolute atomic E-state index is 0.250. The summed E-state index contributed by atoms with van der Waals surface area (Å²) in [5.41, 5.74) is -1.01. The van der Waals surface area contributed by atoms with E-state index < -0.39 is 34.0 Å². The van der Waals surface area contributed by atoms with Gasteiger partial charge in [0.05, 0.1) is 10.6 Å². The van der Waals surface area contributed by atoms with Gasteiger partial charge in [-0.05, 0) is 18.9 Å². The van der Waals surface area contributed by atoms with Gasteiger partial charge in [-0.25, -0.2) is 14.0 Å². The standard InChI is InChI=1S/C16H15FN2O6/c17-12-5-4-10(19(22)23)8-13(12)18-9-11-14(20)24-16(25-15(11)21)6-2-1-3-7-16/h4-5,8-9,18H,1-3,6-7H2. The van der Waals surface area contributed by atoms with E-state index in [2.05, 4.69) is 5.32 Å². The van der Waals surface area contributed by atoms with Gasteiger partial charge in [0.1, 0.15) is 5.82 Å². The minimum Gasteiger partial charge on any atom is -0.419 e. The van der Waals surface area contributed by atoms with E-state index in [4.69, 9.17) is 9.47 Å². The molecular formula is C16H15FN2O6. The molecule has 1 aromatic rings. The number of hydrogen-bond acceptors (Lipinski definition) is 7. The van der Waals surface area contributed by atoms with Gasteiger partial charge in [-0.2, -0.15) is 0 Å². The number of nitrogens with zero attached hydrogens (tertiary/aromatic N) is 1. The van der Waals surface area contributed by atoms with Gasteiger partial charge in [-0.3, -0.25) is 10.1 Å². The number of rotatable bonds is 3. The van der Waals surface area contributed by atoms with Gasteiger partial charge in [-0.1, -0.05) is 6.42 Å². The molecule has 8 nitrogen and oxygen atoms in total. The average Bonchev–Trinajstić information content (AvgIpc) is 2.56. The van der Waals surface area contributed by atoms with Crippen molar-refractivity contribution in [2.24, 2.45) is 0 Å². The number of nitro groups is 1. The fraction of sp³-hybridized carbons (Fsp3) is 0.375. The normalized spacial score (nSPS) is 19.2. The first kappa shape index (κ1) is 16.9. The average molecular weight is 350 g/mol. The second-order valence-corrected chi connectivity index (χ2v) is 5.87. The van der Waals surface area contributed by atoms with Crippen LogP contribution in [-0.2, 0) is 19.1 Å². The molecule has 0 unspecified atom stereocenters. The molecular weight excluding hydrogens is 335 g/mol. The number of carbonyl (C=O) groups excluding carboxylic acids is 2. The van der Waals surface area contributed by atoms with Crippen LogP contribution in [0.25, 0.3) is 0 Å². The van der Waals surface area contributed by atoms with Gasteiger partial charge >= 0.3 is 11.9 Å². The van der Waals surface area contributed by atoms with Gasteiger partial charge in [0, 0.05) is 31.2 Å². The summed E-state index contributed by atoms with van der Waals surface area (Å²) in [6.07, 6.45) is 4.39. The third kappa shape index (κ3) is 3.44. The quantitative estimate of drug-likeness (QED) is 0.293. The van der Waals surface area contributed by atoms with Gasteiger partial charge in [0.15, 0.2) is 5.57 Å². The summed E-state index contributed by atoms with van der Waals surface area (Å²) >= 11 is 0. The summed E-state index contributed by atoms with van der Waals surface area (Å²) in [7, 11) is 0. The van der Waals surface area contributed by atoms with Crippen molar-refractivity contribution in [3.8, 4) is 0 Å².